The van der Waals surface area contributed by atoms with Crippen LogP contribution < -0.4 is 10.5 Å². The second-order valence-corrected chi connectivity index (χ2v) is 7.96. The number of nitrogens with zero attached hydrogens (tertiary/aromatic N) is 1. The van der Waals surface area contributed by atoms with Gasteiger partial charge in [-0.3, -0.25) is 0 Å². The van der Waals surface area contributed by atoms with Crippen molar-refractivity contribution in [2.75, 3.05) is 26.2 Å². The van der Waals surface area contributed by atoms with Crippen LogP contribution in [0.15, 0.2) is 27.6 Å². The smallest absolute Gasteiger partial charge is 0.241 e. The second kappa shape index (κ2) is 7.19. The average molecular weight is 376 g/mol. The number of rotatable bonds is 6. The van der Waals surface area contributed by atoms with Crippen molar-refractivity contribution in [3.8, 4) is 0 Å². The summed E-state index contributed by atoms with van der Waals surface area (Å²) >= 11 is 3.32. The summed E-state index contributed by atoms with van der Waals surface area (Å²) in [5.41, 5.74) is 6.45. The van der Waals surface area contributed by atoms with E-state index >= 15 is 0 Å². The standard InChI is InChI=1S/C14H22BrN3O2S/c1-2-18-6-5-12(10-18)9-17-21(19,20)14-4-3-11(8-16)7-13(14)15/h3-4,7,12,17H,2,5-6,8-10,16H2,1H3. The molecule has 0 spiro atoms. The van der Waals surface area contributed by atoms with Crippen molar-refractivity contribution in [2.24, 2.45) is 11.7 Å². The van der Waals surface area contributed by atoms with E-state index < -0.39 is 10.0 Å². The predicted octanol–water partition coefficient (Wildman–Crippen LogP) is 1.53. The maximum Gasteiger partial charge on any atom is 0.241 e. The monoisotopic (exact) mass is 375 g/mol. The highest BCUT2D eigenvalue weighted by atomic mass is 79.9. The lowest BCUT2D eigenvalue weighted by Crippen LogP contribution is -2.31. The summed E-state index contributed by atoms with van der Waals surface area (Å²) in [5.74, 6) is 0.391. The highest BCUT2D eigenvalue weighted by molar-refractivity contribution is 9.10. The lowest BCUT2D eigenvalue weighted by atomic mass is 10.1. The van der Waals surface area contributed by atoms with Crippen LogP contribution in [-0.4, -0.2) is 39.5 Å². The Morgan fingerprint density at radius 2 is 2.24 bits per heavy atom. The molecule has 3 N–H and O–H groups in total. The van der Waals surface area contributed by atoms with Crippen molar-refractivity contribution in [3.63, 3.8) is 0 Å². The van der Waals surface area contributed by atoms with Crippen LogP contribution in [0.5, 0.6) is 0 Å². The Hall–Kier alpha value is -0.470. The van der Waals surface area contributed by atoms with Crippen LogP contribution in [0, 0.1) is 5.92 Å². The highest BCUT2D eigenvalue weighted by Crippen LogP contribution is 2.23. The summed E-state index contributed by atoms with van der Waals surface area (Å²) in [6.45, 7) is 6.05. The fraction of sp³-hybridized carbons (Fsp3) is 0.571. The molecule has 2 rings (SSSR count). The van der Waals surface area contributed by atoms with Crippen LogP contribution in [0.25, 0.3) is 0 Å². The summed E-state index contributed by atoms with van der Waals surface area (Å²) in [6, 6.07) is 5.10. The molecule has 1 fully saturated rings. The number of nitrogens with one attached hydrogen (secondary N) is 1. The van der Waals surface area contributed by atoms with Gasteiger partial charge in [-0.15, -0.1) is 0 Å². The molecule has 1 aliphatic heterocycles. The maximum absolute atomic E-state index is 12.4. The van der Waals surface area contributed by atoms with Crippen LogP contribution >= 0.6 is 15.9 Å². The molecular formula is C14H22BrN3O2S. The van der Waals surface area contributed by atoms with E-state index in [1.165, 1.54) is 0 Å². The number of nitrogens with two attached hydrogens (primary N) is 1. The van der Waals surface area contributed by atoms with Gasteiger partial charge in [0.2, 0.25) is 10.0 Å². The molecule has 1 heterocycles. The molecule has 1 aromatic carbocycles. The Morgan fingerprint density at radius 1 is 1.48 bits per heavy atom. The Morgan fingerprint density at radius 3 is 2.81 bits per heavy atom. The third kappa shape index (κ3) is 4.26. The van der Waals surface area contributed by atoms with E-state index in [4.69, 9.17) is 5.73 Å². The van der Waals surface area contributed by atoms with Crippen molar-refractivity contribution in [1.29, 1.82) is 0 Å². The summed E-state index contributed by atoms with van der Waals surface area (Å²) in [5, 5.41) is 0. The summed E-state index contributed by atoms with van der Waals surface area (Å²) in [6.07, 6.45) is 1.05. The van der Waals surface area contributed by atoms with Crippen molar-refractivity contribution in [3.05, 3.63) is 28.2 Å². The van der Waals surface area contributed by atoms with Crippen molar-refractivity contribution < 1.29 is 8.42 Å². The number of sulfonamides is 1. The van der Waals surface area contributed by atoms with Gasteiger partial charge in [0.05, 0.1) is 4.90 Å². The zero-order chi connectivity index (χ0) is 15.5. The van der Waals surface area contributed by atoms with Gasteiger partial charge in [0, 0.05) is 24.1 Å². The zero-order valence-electron chi connectivity index (χ0n) is 12.2. The van der Waals surface area contributed by atoms with Gasteiger partial charge in [0.1, 0.15) is 0 Å². The minimum Gasteiger partial charge on any atom is -0.326 e. The fourth-order valence-corrected chi connectivity index (χ4v) is 4.80. The molecule has 0 saturated carbocycles. The van der Waals surface area contributed by atoms with E-state index in [0.29, 0.717) is 23.5 Å². The minimum atomic E-state index is -3.48. The molecule has 118 valence electrons. The quantitative estimate of drug-likeness (QED) is 0.790. The Bertz CT molecular complexity index is 592. The first-order valence-electron chi connectivity index (χ1n) is 7.16. The zero-order valence-corrected chi connectivity index (χ0v) is 14.6. The van der Waals surface area contributed by atoms with Crippen LogP contribution in [0.1, 0.15) is 18.9 Å². The molecule has 0 bridgehead atoms. The van der Waals surface area contributed by atoms with Crippen LogP contribution in [0.2, 0.25) is 0 Å². The minimum absolute atomic E-state index is 0.269. The largest absolute Gasteiger partial charge is 0.326 e. The van der Waals surface area contributed by atoms with Gasteiger partial charge in [-0.25, -0.2) is 13.1 Å². The molecular weight excluding hydrogens is 354 g/mol. The molecule has 1 aliphatic rings. The topological polar surface area (TPSA) is 75.4 Å². The lowest BCUT2D eigenvalue weighted by Gasteiger charge is -2.14. The van der Waals surface area contributed by atoms with Crippen molar-refractivity contribution in [2.45, 2.75) is 24.8 Å². The molecule has 1 unspecified atom stereocenters. The Balaban J connectivity index is 2.02. The molecule has 0 radical (unpaired) electrons. The van der Waals surface area contributed by atoms with Gasteiger partial charge in [-0.05, 0) is 59.1 Å². The van der Waals surface area contributed by atoms with Gasteiger partial charge in [0.25, 0.3) is 0 Å². The average Bonchev–Trinajstić information content (AvgIpc) is 2.93. The molecule has 5 nitrogen and oxygen atoms in total. The summed E-state index contributed by atoms with van der Waals surface area (Å²) in [7, 11) is -3.48. The van der Waals surface area contributed by atoms with E-state index in [0.717, 1.165) is 31.6 Å². The van der Waals surface area contributed by atoms with Crippen LogP contribution in [0.3, 0.4) is 0 Å². The number of halogens is 1. The fourth-order valence-electron chi connectivity index (χ4n) is 2.56. The molecule has 1 aromatic rings. The number of likely N-dealkylation sites (tertiary alicyclic amines) is 1. The number of hydrogen-bond acceptors (Lipinski definition) is 4. The highest BCUT2D eigenvalue weighted by Gasteiger charge is 2.24. The van der Waals surface area contributed by atoms with E-state index in [1.807, 2.05) is 0 Å². The van der Waals surface area contributed by atoms with Gasteiger partial charge >= 0.3 is 0 Å². The third-order valence-corrected chi connectivity index (χ3v) is 6.30. The van der Waals surface area contributed by atoms with E-state index in [9.17, 15) is 8.42 Å². The van der Waals surface area contributed by atoms with E-state index in [-0.39, 0.29) is 4.90 Å². The normalized spacial score (nSPS) is 20.0. The number of benzene rings is 1. The van der Waals surface area contributed by atoms with Crippen LogP contribution in [-0.2, 0) is 16.6 Å². The van der Waals surface area contributed by atoms with Gasteiger partial charge in [-0.2, -0.15) is 0 Å². The first-order valence-corrected chi connectivity index (χ1v) is 9.44. The van der Waals surface area contributed by atoms with E-state index in [1.54, 1.807) is 18.2 Å². The molecule has 1 atom stereocenters. The van der Waals surface area contributed by atoms with Gasteiger partial charge < -0.3 is 10.6 Å². The molecule has 21 heavy (non-hydrogen) atoms. The Kier molecular flexibility index (Phi) is 5.79. The molecule has 0 amide bonds. The predicted molar refractivity (Wildman–Crippen MR) is 87.4 cm³/mol. The van der Waals surface area contributed by atoms with Gasteiger partial charge in [-0.1, -0.05) is 13.0 Å². The molecule has 1 saturated heterocycles. The summed E-state index contributed by atoms with van der Waals surface area (Å²) in [4.78, 5) is 2.61. The van der Waals surface area contributed by atoms with Crippen LogP contribution in [0.4, 0.5) is 0 Å². The molecule has 7 heteroatoms. The Labute approximate surface area is 135 Å². The molecule has 0 aromatic heterocycles. The summed E-state index contributed by atoms with van der Waals surface area (Å²) < 4.78 is 28.0. The van der Waals surface area contributed by atoms with Gasteiger partial charge in [0.15, 0.2) is 0 Å². The number of hydrogen-bond donors (Lipinski definition) is 2. The second-order valence-electron chi connectivity index (χ2n) is 5.37. The third-order valence-electron chi connectivity index (χ3n) is 3.90. The van der Waals surface area contributed by atoms with E-state index in [2.05, 4.69) is 32.5 Å². The maximum atomic E-state index is 12.4. The first-order chi connectivity index (χ1) is 9.96. The molecule has 0 aliphatic carbocycles. The SMILES string of the molecule is CCN1CCC(CNS(=O)(=O)c2ccc(CN)cc2Br)C1. The lowest BCUT2D eigenvalue weighted by molar-refractivity contribution is 0.342. The first kappa shape index (κ1) is 16.9. The van der Waals surface area contributed by atoms with Crippen molar-refractivity contribution >= 4 is 26.0 Å². The van der Waals surface area contributed by atoms with Crippen molar-refractivity contribution in [1.82, 2.24) is 9.62 Å².